The zero-order chi connectivity index (χ0) is 24.8. The first-order chi connectivity index (χ1) is 16.3. The molecule has 1 heterocycles. The van der Waals surface area contributed by atoms with E-state index in [9.17, 15) is 14.7 Å². The van der Waals surface area contributed by atoms with Gasteiger partial charge in [0.1, 0.15) is 17.3 Å². The predicted molar refractivity (Wildman–Crippen MR) is 130 cm³/mol. The lowest BCUT2D eigenvalue weighted by molar-refractivity contribution is -0.140. The summed E-state index contributed by atoms with van der Waals surface area (Å²) in [5.41, 5.74) is 1.04. The van der Waals surface area contributed by atoms with Crippen LogP contribution < -0.4 is 9.47 Å². The Morgan fingerprint density at radius 2 is 1.85 bits per heavy atom. The first-order valence-corrected chi connectivity index (χ1v) is 11.6. The molecule has 34 heavy (non-hydrogen) atoms. The normalized spacial score (nSPS) is 17.5. The van der Waals surface area contributed by atoms with Gasteiger partial charge in [-0.25, -0.2) is 0 Å². The van der Waals surface area contributed by atoms with Gasteiger partial charge in [0.15, 0.2) is 0 Å². The third kappa shape index (κ3) is 5.54. The van der Waals surface area contributed by atoms with Crippen molar-refractivity contribution in [2.45, 2.75) is 39.3 Å². The maximum absolute atomic E-state index is 13.1. The summed E-state index contributed by atoms with van der Waals surface area (Å²) >= 11 is 6.18. The monoisotopic (exact) mass is 487 g/mol. The number of ether oxygens (including phenoxy) is 3. The number of hydrogen-bond acceptors (Lipinski definition) is 6. The Kier molecular flexibility index (Phi) is 8.58. The van der Waals surface area contributed by atoms with Crippen molar-refractivity contribution in [1.29, 1.82) is 0 Å². The lowest BCUT2D eigenvalue weighted by Crippen LogP contribution is -2.31. The molecule has 2 aromatic rings. The van der Waals surface area contributed by atoms with E-state index >= 15 is 0 Å². The lowest BCUT2D eigenvalue weighted by Gasteiger charge is -2.25. The number of benzene rings is 2. The molecule has 0 spiro atoms. The maximum Gasteiger partial charge on any atom is 0.295 e. The van der Waals surface area contributed by atoms with Gasteiger partial charge >= 0.3 is 0 Å². The van der Waals surface area contributed by atoms with Crippen molar-refractivity contribution < 1.29 is 28.9 Å². The SMILES string of the molecule is CCOc1cc(/C(O)=C2/C(=O)C(=O)N(CCCOC(C)C)C2c2ccc(OC)cc2)ccc1Cl. The topological polar surface area (TPSA) is 85.3 Å². The molecule has 1 saturated heterocycles. The van der Waals surface area contributed by atoms with Crippen LogP contribution in [-0.2, 0) is 14.3 Å². The number of ketones is 1. The fourth-order valence-electron chi connectivity index (χ4n) is 3.87. The molecule has 1 aliphatic heterocycles. The van der Waals surface area contributed by atoms with Gasteiger partial charge in [0.25, 0.3) is 11.7 Å². The quantitative estimate of drug-likeness (QED) is 0.220. The van der Waals surface area contributed by atoms with Crippen LogP contribution in [-0.4, -0.2) is 54.7 Å². The molecule has 0 aromatic heterocycles. The molecule has 0 aliphatic carbocycles. The van der Waals surface area contributed by atoms with E-state index in [0.717, 1.165) is 0 Å². The molecule has 0 saturated carbocycles. The molecule has 1 fully saturated rings. The van der Waals surface area contributed by atoms with Gasteiger partial charge in [0, 0.05) is 18.7 Å². The van der Waals surface area contributed by atoms with Gasteiger partial charge < -0.3 is 24.2 Å². The standard InChI is InChI=1S/C26H30ClNO6/c1-5-33-21-15-18(9-12-20(21)27)24(29)22-23(17-7-10-19(32-4)11-8-17)28(26(31)25(22)30)13-6-14-34-16(2)3/h7-12,15-16,23,29H,5-6,13-14H2,1-4H3/b24-22-. The van der Waals surface area contributed by atoms with E-state index in [0.29, 0.717) is 53.8 Å². The number of halogens is 1. The number of aliphatic hydroxyl groups excluding tert-OH is 1. The molecule has 182 valence electrons. The molecule has 1 N–H and O–H groups in total. The molecule has 8 heteroatoms. The van der Waals surface area contributed by atoms with Crippen molar-refractivity contribution >= 4 is 29.1 Å². The van der Waals surface area contributed by atoms with Crippen LogP contribution in [0.25, 0.3) is 5.76 Å². The summed E-state index contributed by atoms with van der Waals surface area (Å²) in [6.45, 7) is 6.83. The third-order valence-corrected chi connectivity index (χ3v) is 5.78. The Morgan fingerprint density at radius 3 is 2.47 bits per heavy atom. The van der Waals surface area contributed by atoms with Crippen LogP contribution in [0.2, 0.25) is 5.02 Å². The second-order valence-corrected chi connectivity index (χ2v) is 8.52. The number of methoxy groups -OCH3 is 1. The van der Waals surface area contributed by atoms with Crippen LogP contribution in [0.5, 0.6) is 11.5 Å². The summed E-state index contributed by atoms with van der Waals surface area (Å²) in [4.78, 5) is 27.6. The average Bonchev–Trinajstić information content (AvgIpc) is 3.07. The summed E-state index contributed by atoms with van der Waals surface area (Å²) in [5, 5.41) is 11.6. The minimum Gasteiger partial charge on any atom is -0.507 e. The summed E-state index contributed by atoms with van der Waals surface area (Å²) in [6, 6.07) is 11.1. The van der Waals surface area contributed by atoms with Crippen molar-refractivity contribution in [2.24, 2.45) is 0 Å². The number of carbonyl (C=O) groups excluding carboxylic acids is 2. The summed E-state index contributed by atoms with van der Waals surface area (Å²) < 4.78 is 16.4. The number of amides is 1. The molecule has 3 rings (SSSR count). The molecular formula is C26H30ClNO6. The second kappa shape index (κ2) is 11.4. The van der Waals surface area contributed by atoms with E-state index in [1.165, 1.54) is 4.90 Å². The van der Waals surface area contributed by atoms with E-state index in [2.05, 4.69) is 0 Å². The van der Waals surface area contributed by atoms with Crippen molar-refractivity contribution in [3.05, 3.63) is 64.2 Å². The molecule has 7 nitrogen and oxygen atoms in total. The van der Waals surface area contributed by atoms with Crippen LogP contribution >= 0.6 is 11.6 Å². The van der Waals surface area contributed by atoms with Crippen LogP contribution in [0, 0.1) is 0 Å². The van der Waals surface area contributed by atoms with Crippen molar-refractivity contribution in [2.75, 3.05) is 26.9 Å². The minimum atomic E-state index is -0.754. The number of likely N-dealkylation sites (tertiary alicyclic amines) is 1. The van der Waals surface area contributed by atoms with Gasteiger partial charge in [-0.05, 0) is 63.1 Å². The molecule has 0 bridgehead atoms. The summed E-state index contributed by atoms with van der Waals surface area (Å²) in [6.07, 6.45) is 0.616. The van der Waals surface area contributed by atoms with Crippen LogP contribution in [0.15, 0.2) is 48.0 Å². The number of carbonyl (C=O) groups is 2. The fourth-order valence-corrected chi connectivity index (χ4v) is 4.04. The molecule has 1 amide bonds. The Balaban J connectivity index is 2.06. The number of aliphatic hydroxyl groups is 1. The summed E-state index contributed by atoms with van der Waals surface area (Å²) in [7, 11) is 1.56. The highest BCUT2D eigenvalue weighted by molar-refractivity contribution is 6.46. The molecular weight excluding hydrogens is 458 g/mol. The predicted octanol–water partition coefficient (Wildman–Crippen LogP) is 4.98. The highest BCUT2D eigenvalue weighted by Gasteiger charge is 2.45. The molecule has 0 radical (unpaired) electrons. The van der Waals surface area contributed by atoms with Gasteiger partial charge in [-0.2, -0.15) is 0 Å². The fraction of sp³-hybridized carbons (Fsp3) is 0.385. The van der Waals surface area contributed by atoms with Gasteiger partial charge in [0.05, 0.1) is 36.5 Å². The smallest absolute Gasteiger partial charge is 0.295 e. The van der Waals surface area contributed by atoms with Crippen molar-refractivity contribution in [1.82, 2.24) is 4.90 Å². The Morgan fingerprint density at radius 1 is 1.15 bits per heavy atom. The largest absolute Gasteiger partial charge is 0.507 e. The number of Topliss-reactive ketones (excluding diaryl/α,β-unsaturated/α-hetero) is 1. The van der Waals surface area contributed by atoms with Gasteiger partial charge in [-0.15, -0.1) is 0 Å². The first kappa shape index (κ1) is 25.6. The van der Waals surface area contributed by atoms with Crippen molar-refractivity contribution in [3.63, 3.8) is 0 Å². The molecule has 1 aliphatic rings. The van der Waals surface area contributed by atoms with E-state index in [4.69, 9.17) is 25.8 Å². The number of rotatable bonds is 10. The molecule has 1 atom stereocenters. The first-order valence-electron chi connectivity index (χ1n) is 11.2. The van der Waals surface area contributed by atoms with Crippen molar-refractivity contribution in [3.8, 4) is 11.5 Å². The third-order valence-electron chi connectivity index (χ3n) is 5.47. The Bertz CT molecular complexity index is 1060. The van der Waals surface area contributed by atoms with E-state index in [-0.39, 0.29) is 17.4 Å². The van der Waals surface area contributed by atoms with Gasteiger partial charge in [-0.3, -0.25) is 9.59 Å². The minimum absolute atomic E-state index is 0.0183. The summed E-state index contributed by atoms with van der Waals surface area (Å²) in [5.74, 6) is -0.654. The zero-order valence-electron chi connectivity index (χ0n) is 19.8. The Hall–Kier alpha value is -3.03. The molecule has 1 unspecified atom stereocenters. The zero-order valence-corrected chi connectivity index (χ0v) is 20.6. The maximum atomic E-state index is 13.1. The van der Waals surface area contributed by atoms with Gasteiger partial charge in [0.2, 0.25) is 0 Å². The van der Waals surface area contributed by atoms with Crippen LogP contribution in [0.1, 0.15) is 44.4 Å². The Labute approximate surface area is 204 Å². The highest BCUT2D eigenvalue weighted by atomic mass is 35.5. The van der Waals surface area contributed by atoms with Gasteiger partial charge in [-0.1, -0.05) is 23.7 Å². The highest BCUT2D eigenvalue weighted by Crippen LogP contribution is 2.40. The number of hydrogen-bond donors (Lipinski definition) is 1. The lowest BCUT2D eigenvalue weighted by atomic mass is 9.95. The van der Waals surface area contributed by atoms with Crippen LogP contribution in [0.3, 0.4) is 0 Å². The molecule has 2 aromatic carbocycles. The number of nitrogens with zero attached hydrogens (tertiary/aromatic N) is 1. The van der Waals surface area contributed by atoms with Crippen LogP contribution in [0.4, 0.5) is 0 Å². The van der Waals surface area contributed by atoms with E-state index in [1.807, 2.05) is 20.8 Å². The van der Waals surface area contributed by atoms with E-state index < -0.39 is 17.7 Å². The van der Waals surface area contributed by atoms with E-state index in [1.54, 1.807) is 49.6 Å². The second-order valence-electron chi connectivity index (χ2n) is 8.12. The average molecular weight is 488 g/mol.